The zero-order chi connectivity index (χ0) is 19.0. The van der Waals surface area contributed by atoms with Crippen LogP contribution in [0.1, 0.15) is 45.1 Å². The topological polar surface area (TPSA) is 75.1 Å². The molecule has 1 aliphatic carbocycles. The van der Waals surface area contributed by atoms with E-state index in [9.17, 15) is 5.11 Å². The molecule has 0 bridgehead atoms. The highest BCUT2D eigenvalue weighted by Crippen LogP contribution is 2.35. The molecule has 0 aliphatic heterocycles. The van der Waals surface area contributed by atoms with Crippen molar-refractivity contribution < 1.29 is 14.6 Å². The smallest absolute Gasteiger partial charge is 0.191 e. The van der Waals surface area contributed by atoms with Crippen molar-refractivity contribution in [1.29, 1.82) is 0 Å². The van der Waals surface area contributed by atoms with Crippen LogP contribution in [0.25, 0.3) is 0 Å². The van der Waals surface area contributed by atoms with Crippen LogP contribution >= 0.6 is 0 Å². The first kappa shape index (κ1) is 20.4. The molecule has 6 nitrogen and oxygen atoms in total. The number of guanidine groups is 1. The predicted octanol–water partition coefficient (Wildman–Crippen LogP) is 2.70. The van der Waals surface area contributed by atoms with Gasteiger partial charge in [-0.2, -0.15) is 0 Å². The molecule has 0 amide bonds. The lowest BCUT2D eigenvalue weighted by Crippen LogP contribution is -2.48. The van der Waals surface area contributed by atoms with Gasteiger partial charge in [0.1, 0.15) is 0 Å². The van der Waals surface area contributed by atoms with Gasteiger partial charge in [0.15, 0.2) is 17.5 Å². The van der Waals surface area contributed by atoms with Gasteiger partial charge in [-0.3, -0.25) is 0 Å². The monoisotopic (exact) mass is 363 g/mol. The van der Waals surface area contributed by atoms with E-state index in [1.54, 1.807) is 14.2 Å². The van der Waals surface area contributed by atoms with E-state index >= 15 is 0 Å². The highest BCUT2D eigenvalue weighted by molar-refractivity contribution is 5.79. The summed E-state index contributed by atoms with van der Waals surface area (Å²) < 4.78 is 10.6. The third kappa shape index (κ3) is 5.27. The van der Waals surface area contributed by atoms with Gasteiger partial charge in [-0.15, -0.1) is 0 Å². The second-order valence-electron chi connectivity index (χ2n) is 7.15. The van der Waals surface area contributed by atoms with Crippen LogP contribution in [0.3, 0.4) is 0 Å². The Labute approximate surface area is 157 Å². The van der Waals surface area contributed by atoms with Gasteiger partial charge in [-0.25, -0.2) is 4.99 Å². The molecule has 2 unspecified atom stereocenters. The average Bonchev–Trinajstić information content (AvgIpc) is 2.66. The summed E-state index contributed by atoms with van der Waals surface area (Å²) in [5.41, 5.74) is 0.946. The fourth-order valence-electron chi connectivity index (χ4n) is 3.36. The summed E-state index contributed by atoms with van der Waals surface area (Å²) in [6.45, 7) is 6.24. The van der Waals surface area contributed by atoms with E-state index < -0.39 is 0 Å². The molecule has 0 heterocycles. The maximum atomic E-state index is 10.4. The first-order valence-corrected chi connectivity index (χ1v) is 9.43. The van der Waals surface area contributed by atoms with E-state index in [0.717, 1.165) is 37.3 Å². The van der Waals surface area contributed by atoms with Crippen LogP contribution in [0.2, 0.25) is 0 Å². The normalized spacial score (nSPS) is 23.4. The Morgan fingerprint density at radius 3 is 2.65 bits per heavy atom. The minimum atomic E-state index is -0.252. The Bertz CT molecular complexity index is 606. The molecule has 1 aliphatic rings. The van der Waals surface area contributed by atoms with Crippen molar-refractivity contribution in [2.75, 3.05) is 27.3 Å². The number of methoxy groups -OCH3 is 2. The average molecular weight is 364 g/mol. The van der Waals surface area contributed by atoms with Gasteiger partial charge in [0, 0.05) is 18.5 Å². The largest absolute Gasteiger partial charge is 0.493 e. The molecule has 146 valence electrons. The van der Waals surface area contributed by atoms with E-state index in [4.69, 9.17) is 9.47 Å². The number of nitrogens with one attached hydrogen (secondary N) is 2. The third-order valence-electron chi connectivity index (χ3n) is 5.15. The van der Waals surface area contributed by atoms with Gasteiger partial charge in [0.25, 0.3) is 0 Å². The van der Waals surface area contributed by atoms with E-state index in [2.05, 4.69) is 22.5 Å². The van der Waals surface area contributed by atoms with Crippen molar-refractivity contribution in [3.05, 3.63) is 23.8 Å². The predicted molar refractivity (Wildman–Crippen MR) is 105 cm³/mol. The third-order valence-corrected chi connectivity index (χ3v) is 5.15. The molecule has 1 fully saturated rings. The Morgan fingerprint density at radius 2 is 2.00 bits per heavy atom. The van der Waals surface area contributed by atoms with Crippen molar-refractivity contribution in [3.63, 3.8) is 0 Å². The molecule has 1 aromatic rings. The van der Waals surface area contributed by atoms with Crippen molar-refractivity contribution in [2.24, 2.45) is 10.4 Å². The zero-order valence-corrected chi connectivity index (χ0v) is 16.5. The number of nitrogens with zero attached hydrogens (tertiary/aromatic N) is 1. The molecule has 0 aromatic heterocycles. The molecule has 1 saturated carbocycles. The Balaban J connectivity index is 2.02. The lowest BCUT2D eigenvalue weighted by atomic mass is 9.73. The van der Waals surface area contributed by atoms with Crippen LogP contribution in [0.15, 0.2) is 23.2 Å². The highest BCUT2D eigenvalue weighted by atomic mass is 16.5. The van der Waals surface area contributed by atoms with Crippen LogP contribution in [0.4, 0.5) is 0 Å². The molecule has 1 aromatic carbocycles. The van der Waals surface area contributed by atoms with Gasteiger partial charge in [-0.05, 0) is 37.5 Å². The van der Waals surface area contributed by atoms with Gasteiger partial charge in [0.2, 0.25) is 0 Å². The highest BCUT2D eigenvalue weighted by Gasteiger charge is 2.35. The molecule has 2 rings (SSSR count). The van der Waals surface area contributed by atoms with Crippen LogP contribution in [-0.4, -0.2) is 44.5 Å². The summed E-state index contributed by atoms with van der Waals surface area (Å²) >= 11 is 0. The van der Waals surface area contributed by atoms with Crippen LogP contribution in [-0.2, 0) is 6.54 Å². The summed E-state index contributed by atoms with van der Waals surface area (Å²) in [4.78, 5) is 4.67. The van der Waals surface area contributed by atoms with Crippen LogP contribution in [0, 0.1) is 5.41 Å². The van der Waals surface area contributed by atoms with E-state index in [-0.39, 0.29) is 11.5 Å². The van der Waals surface area contributed by atoms with Crippen LogP contribution in [0.5, 0.6) is 11.5 Å². The summed E-state index contributed by atoms with van der Waals surface area (Å²) in [5, 5.41) is 17.0. The van der Waals surface area contributed by atoms with Crippen molar-refractivity contribution in [1.82, 2.24) is 10.6 Å². The number of hydrogen-bond acceptors (Lipinski definition) is 4. The lowest BCUT2D eigenvalue weighted by molar-refractivity contribution is 0.00397. The number of rotatable bonds is 7. The molecule has 0 saturated heterocycles. The second kappa shape index (κ2) is 9.67. The number of aliphatic hydroxyl groups is 1. The summed E-state index contributed by atoms with van der Waals surface area (Å²) in [5.74, 6) is 2.18. The van der Waals surface area contributed by atoms with Gasteiger partial charge in [0.05, 0.1) is 26.9 Å². The maximum absolute atomic E-state index is 10.4. The van der Waals surface area contributed by atoms with Crippen molar-refractivity contribution in [3.8, 4) is 11.5 Å². The lowest BCUT2D eigenvalue weighted by Gasteiger charge is -2.38. The van der Waals surface area contributed by atoms with Crippen molar-refractivity contribution >= 4 is 5.96 Å². The first-order valence-electron chi connectivity index (χ1n) is 9.43. The molecular formula is C20H33N3O3. The van der Waals surface area contributed by atoms with E-state index in [0.29, 0.717) is 24.6 Å². The Kier molecular flexibility index (Phi) is 7.57. The minimum Gasteiger partial charge on any atom is -0.493 e. The van der Waals surface area contributed by atoms with Crippen molar-refractivity contribution in [2.45, 2.75) is 52.2 Å². The second-order valence-corrected chi connectivity index (χ2v) is 7.15. The summed E-state index contributed by atoms with van der Waals surface area (Å²) in [6, 6.07) is 5.82. The minimum absolute atomic E-state index is 0.0994. The van der Waals surface area contributed by atoms with E-state index in [1.165, 1.54) is 6.42 Å². The Morgan fingerprint density at radius 1 is 1.23 bits per heavy atom. The quantitative estimate of drug-likeness (QED) is 0.513. The first-order chi connectivity index (χ1) is 12.5. The van der Waals surface area contributed by atoms with E-state index in [1.807, 2.05) is 25.1 Å². The number of benzene rings is 1. The number of ether oxygens (including phenoxy) is 2. The number of aliphatic hydroxyl groups excluding tert-OH is 1. The fraction of sp³-hybridized carbons (Fsp3) is 0.650. The standard InChI is InChI=1S/C20H33N3O3/c1-5-21-19(23-14-20(2)11-7-6-8-18(20)24)22-13-15-9-10-16(25-3)17(12-15)26-4/h9-10,12,18,24H,5-8,11,13-14H2,1-4H3,(H2,21,22,23). The van der Waals surface area contributed by atoms with Gasteiger partial charge >= 0.3 is 0 Å². The summed E-state index contributed by atoms with van der Waals surface area (Å²) in [7, 11) is 3.26. The zero-order valence-electron chi connectivity index (χ0n) is 16.5. The molecule has 0 radical (unpaired) electrons. The molecule has 26 heavy (non-hydrogen) atoms. The van der Waals surface area contributed by atoms with Gasteiger partial charge in [-0.1, -0.05) is 25.8 Å². The molecule has 6 heteroatoms. The number of hydrogen-bond donors (Lipinski definition) is 3. The number of aliphatic imine (C=N–C) groups is 1. The van der Waals surface area contributed by atoms with Gasteiger partial charge < -0.3 is 25.2 Å². The molecule has 2 atom stereocenters. The molecule has 0 spiro atoms. The van der Waals surface area contributed by atoms with Crippen LogP contribution < -0.4 is 20.1 Å². The SMILES string of the molecule is CCNC(=NCc1ccc(OC)c(OC)c1)NCC1(C)CCCCC1O. The molecule has 3 N–H and O–H groups in total. The Hall–Kier alpha value is -1.95. The molecular weight excluding hydrogens is 330 g/mol. The summed E-state index contributed by atoms with van der Waals surface area (Å²) in [6.07, 6.45) is 3.96. The maximum Gasteiger partial charge on any atom is 0.191 e. The fourth-order valence-corrected chi connectivity index (χ4v) is 3.36.